The minimum absolute atomic E-state index is 0.125. The zero-order valence-electron chi connectivity index (χ0n) is 15.5. The standard InChI is InChI=1S/C19H21N3O6/c1-3-20-17(23)11-28-15-7-4-12(8-16(15)27-2)9-22-18(24)13-5-6-14(19(25)26)21-10-13/h4-8,10H,3,9,11H2,1-2H3,(H,20,23)(H,22,24)(H,25,26). The van der Waals surface area contributed by atoms with E-state index in [4.69, 9.17) is 14.6 Å². The van der Waals surface area contributed by atoms with Gasteiger partial charge in [-0.3, -0.25) is 9.59 Å². The van der Waals surface area contributed by atoms with Gasteiger partial charge in [0.25, 0.3) is 11.8 Å². The topological polar surface area (TPSA) is 127 Å². The Bertz CT molecular complexity index is 851. The van der Waals surface area contributed by atoms with Crippen LogP contribution in [0.4, 0.5) is 0 Å². The fraction of sp³-hybridized carbons (Fsp3) is 0.263. The van der Waals surface area contributed by atoms with Crippen molar-refractivity contribution >= 4 is 17.8 Å². The summed E-state index contributed by atoms with van der Waals surface area (Å²) in [6.07, 6.45) is 1.21. The number of amides is 2. The summed E-state index contributed by atoms with van der Waals surface area (Å²) in [7, 11) is 1.48. The molecule has 2 rings (SSSR count). The van der Waals surface area contributed by atoms with Crippen molar-refractivity contribution in [1.82, 2.24) is 15.6 Å². The van der Waals surface area contributed by atoms with Crippen LogP contribution in [0, 0.1) is 0 Å². The maximum atomic E-state index is 12.2. The normalized spacial score (nSPS) is 10.1. The van der Waals surface area contributed by atoms with Gasteiger partial charge in [-0.25, -0.2) is 9.78 Å². The van der Waals surface area contributed by atoms with Crippen LogP contribution < -0.4 is 20.1 Å². The van der Waals surface area contributed by atoms with Crippen LogP contribution in [0.2, 0.25) is 0 Å². The molecule has 1 aromatic heterocycles. The van der Waals surface area contributed by atoms with Crippen LogP contribution in [0.3, 0.4) is 0 Å². The molecule has 0 saturated heterocycles. The minimum Gasteiger partial charge on any atom is -0.493 e. The van der Waals surface area contributed by atoms with E-state index < -0.39 is 5.97 Å². The number of methoxy groups -OCH3 is 1. The Hall–Kier alpha value is -3.62. The Morgan fingerprint density at radius 1 is 1.11 bits per heavy atom. The lowest BCUT2D eigenvalue weighted by atomic mass is 10.2. The van der Waals surface area contributed by atoms with Crippen molar-refractivity contribution in [3.05, 3.63) is 53.3 Å². The lowest BCUT2D eigenvalue weighted by molar-refractivity contribution is -0.123. The van der Waals surface area contributed by atoms with Gasteiger partial charge in [-0.2, -0.15) is 0 Å². The first kappa shape index (κ1) is 20.7. The number of carboxylic acid groups (broad SMARTS) is 1. The molecule has 9 nitrogen and oxygen atoms in total. The lowest BCUT2D eigenvalue weighted by Gasteiger charge is -2.12. The number of aromatic carboxylic acids is 1. The maximum absolute atomic E-state index is 12.2. The second kappa shape index (κ2) is 9.91. The number of pyridine rings is 1. The van der Waals surface area contributed by atoms with Crippen LogP contribution in [0.5, 0.6) is 11.5 Å². The number of nitrogens with zero attached hydrogens (tertiary/aromatic N) is 1. The molecule has 28 heavy (non-hydrogen) atoms. The average molecular weight is 387 g/mol. The third-order valence-electron chi connectivity index (χ3n) is 3.66. The van der Waals surface area contributed by atoms with E-state index in [0.29, 0.717) is 18.0 Å². The number of carbonyl (C=O) groups is 3. The number of rotatable bonds is 9. The van der Waals surface area contributed by atoms with E-state index in [1.54, 1.807) is 18.2 Å². The first-order chi connectivity index (χ1) is 13.4. The minimum atomic E-state index is -1.16. The fourth-order valence-electron chi connectivity index (χ4n) is 2.27. The summed E-state index contributed by atoms with van der Waals surface area (Å²) in [5.41, 5.74) is 0.869. The van der Waals surface area contributed by atoms with E-state index in [-0.39, 0.29) is 36.2 Å². The van der Waals surface area contributed by atoms with Gasteiger partial charge in [-0.15, -0.1) is 0 Å². The summed E-state index contributed by atoms with van der Waals surface area (Å²) >= 11 is 0. The Balaban J connectivity index is 1.97. The van der Waals surface area contributed by atoms with Crippen molar-refractivity contribution in [3.63, 3.8) is 0 Å². The monoisotopic (exact) mass is 387 g/mol. The van der Waals surface area contributed by atoms with Gasteiger partial charge in [-0.05, 0) is 36.8 Å². The molecular formula is C19H21N3O6. The van der Waals surface area contributed by atoms with E-state index >= 15 is 0 Å². The lowest BCUT2D eigenvalue weighted by Crippen LogP contribution is -2.28. The molecule has 2 aromatic rings. The molecule has 0 bridgehead atoms. The summed E-state index contributed by atoms with van der Waals surface area (Å²) in [6, 6.07) is 7.75. The molecule has 9 heteroatoms. The van der Waals surface area contributed by atoms with E-state index in [9.17, 15) is 14.4 Å². The second-order valence-corrected chi connectivity index (χ2v) is 5.65. The van der Waals surface area contributed by atoms with E-state index in [2.05, 4.69) is 15.6 Å². The molecule has 3 N–H and O–H groups in total. The van der Waals surface area contributed by atoms with Crippen molar-refractivity contribution < 1.29 is 29.0 Å². The van der Waals surface area contributed by atoms with Crippen LogP contribution in [-0.2, 0) is 11.3 Å². The Kier molecular flexibility index (Phi) is 7.32. The van der Waals surface area contributed by atoms with Crippen LogP contribution in [0.25, 0.3) is 0 Å². The quantitative estimate of drug-likeness (QED) is 0.591. The number of carbonyl (C=O) groups excluding carboxylic acids is 2. The second-order valence-electron chi connectivity index (χ2n) is 5.65. The van der Waals surface area contributed by atoms with Crippen molar-refractivity contribution in [3.8, 4) is 11.5 Å². The van der Waals surface area contributed by atoms with Crippen molar-refractivity contribution in [2.75, 3.05) is 20.3 Å². The predicted octanol–water partition coefficient (Wildman–Crippen LogP) is 1.23. The number of aromatic nitrogens is 1. The summed E-state index contributed by atoms with van der Waals surface area (Å²) in [6.45, 7) is 2.43. The van der Waals surface area contributed by atoms with Gasteiger partial charge in [-0.1, -0.05) is 6.07 Å². The number of nitrogens with one attached hydrogen (secondary N) is 2. The summed E-state index contributed by atoms with van der Waals surface area (Å²) < 4.78 is 10.7. The number of carboxylic acids is 1. The molecule has 0 aliphatic rings. The Morgan fingerprint density at radius 2 is 1.89 bits per heavy atom. The Labute approximate surface area is 161 Å². The fourth-order valence-corrected chi connectivity index (χ4v) is 2.27. The molecule has 0 unspecified atom stereocenters. The molecule has 0 fully saturated rings. The number of likely N-dealkylation sites (N-methyl/N-ethyl adjacent to an activating group) is 1. The SMILES string of the molecule is CCNC(=O)COc1ccc(CNC(=O)c2ccc(C(=O)O)nc2)cc1OC. The van der Waals surface area contributed by atoms with Crippen LogP contribution in [-0.4, -0.2) is 48.1 Å². The predicted molar refractivity (Wildman–Crippen MR) is 99.5 cm³/mol. The zero-order valence-corrected chi connectivity index (χ0v) is 15.5. The van der Waals surface area contributed by atoms with Gasteiger partial charge < -0.3 is 25.2 Å². The van der Waals surface area contributed by atoms with Gasteiger partial charge in [0, 0.05) is 19.3 Å². The van der Waals surface area contributed by atoms with Crippen LogP contribution in [0.1, 0.15) is 33.3 Å². The first-order valence-corrected chi connectivity index (χ1v) is 8.48. The molecule has 0 aliphatic heterocycles. The van der Waals surface area contributed by atoms with Gasteiger partial charge >= 0.3 is 5.97 Å². The van der Waals surface area contributed by atoms with E-state index in [1.165, 1.54) is 25.4 Å². The van der Waals surface area contributed by atoms with Gasteiger partial charge in [0.2, 0.25) is 0 Å². The van der Waals surface area contributed by atoms with Crippen molar-refractivity contribution in [2.24, 2.45) is 0 Å². The summed E-state index contributed by atoms with van der Waals surface area (Å²) in [4.78, 5) is 38.2. The van der Waals surface area contributed by atoms with Crippen molar-refractivity contribution in [2.45, 2.75) is 13.5 Å². The van der Waals surface area contributed by atoms with Gasteiger partial charge in [0.05, 0.1) is 12.7 Å². The molecule has 1 heterocycles. The van der Waals surface area contributed by atoms with E-state index in [1.807, 2.05) is 6.92 Å². The smallest absolute Gasteiger partial charge is 0.354 e. The van der Waals surface area contributed by atoms with E-state index in [0.717, 1.165) is 5.56 Å². The molecule has 0 aliphatic carbocycles. The molecule has 0 spiro atoms. The molecule has 0 radical (unpaired) electrons. The molecule has 2 amide bonds. The number of ether oxygens (including phenoxy) is 2. The molecule has 1 aromatic carbocycles. The molecule has 148 valence electrons. The summed E-state index contributed by atoms with van der Waals surface area (Å²) in [5.74, 6) is -0.933. The van der Waals surface area contributed by atoms with Crippen LogP contribution in [0.15, 0.2) is 36.5 Å². The number of benzene rings is 1. The highest BCUT2D eigenvalue weighted by molar-refractivity contribution is 5.94. The third-order valence-corrected chi connectivity index (χ3v) is 3.66. The molecule has 0 saturated carbocycles. The number of hydrogen-bond donors (Lipinski definition) is 3. The third kappa shape index (κ3) is 5.70. The Morgan fingerprint density at radius 3 is 2.50 bits per heavy atom. The maximum Gasteiger partial charge on any atom is 0.354 e. The highest BCUT2D eigenvalue weighted by Gasteiger charge is 2.11. The highest BCUT2D eigenvalue weighted by atomic mass is 16.5. The number of hydrogen-bond acceptors (Lipinski definition) is 6. The van der Waals surface area contributed by atoms with Crippen LogP contribution >= 0.6 is 0 Å². The molecular weight excluding hydrogens is 366 g/mol. The molecule has 0 atom stereocenters. The average Bonchev–Trinajstić information content (AvgIpc) is 2.70. The highest BCUT2D eigenvalue weighted by Crippen LogP contribution is 2.28. The first-order valence-electron chi connectivity index (χ1n) is 8.48. The van der Waals surface area contributed by atoms with Gasteiger partial charge in [0.15, 0.2) is 18.1 Å². The zero-order chi connectivity index (χ0) is 20.5. The van der Waals surface area contributed by atoms with Gasteiger partial charge in [0.1, 0.15) is 5.69 Å². The summed E-state index contributed by atoms with van der Waals surface area (Å²) in [5, 5.41) is 14.2. The largest absolute Gasteiger partial charge is 0.493 e. The van der Waals surface area contributed by atoms with Crippen molar-refractivity contribution in [1.29, 1.82) is 0 Å².